The molecule has 0 aliphatic rings. The summed E-state index contributed by atoms with van der Waals surface area (Å²) in [6, 6.07) is 7.93. The van der Waals surface area contributed by atoms with Crippen molar-refractivity contribution in [2.24, 2.45) is 11.5 Å². The van der Waals surface area contributed by atoms with Gasteiger partial charge in [0.2, 0.25) is 0 Å². The fourth-order valence-electron chi connectivity index (χ4n) is 2.12. The first-order valence-electron chi connectivity index (χ1n) is 6.35. The number of amides is 1. The van der Waals surface area contributed by atoms with E-state index in [-0.39, 0.29) is 5.91 Å². The van der Waals surface area contributed by atoms with Crippen LogP contribution in [0.5, 0.6) is 0 Å². The van der Waals surface area contributed by atoms with Gasteiger partial charge in [0.25, 0.3) is 5.91 Å². The van der Waals surface area contributed by atoms with E-state index < -0.39 is 0 Å². The number of hydrogen-bond acceptors (Lipinski definition) is 4. The lowest BCUT2D eigenvalue weighted by Gasteiger charge is -2.21. The van der Waals surface area contributed by atoms with Crippen LogP contribution in [0.2, 0.25) is 0 Å². The number of rotatable bonds is 5. The lowest BCUT2D eigenvalue weighted by Crippen LogP contribution is -2.38. The molecule has 2 aromatic rings. The fourth-order valence-corrected chi connectivity index (χ4v) is 3.02. The average molecular weight is 277 g/mol. The van der Waals surface area contributed by atoms with E-state index in [2.05, 4.69) is 13.0 Å². The third-order valence-electron chi connectivity index (χ3n) is 2.97. The second kappa shape index (κ2) is 6.14. The summed E-state index contributed by atoms with van der Waals surface area (Å²) in [5.74, 6) is 0.00153. The van der Waals surface area contributed by atoms with Gasteiger partial charge in [0, 0.05) is 41.3 Å². The number of nitrogens with zero attached hydrogens (tertiary/aromatic N) is 1. The Balaban J connectivity index is 2.28. The van der Waals surface area contributed by atoms with Crippen molar-refractivity contribution < 1.29 is 4.79 Å². The Hall–Kier alpha value is -1.43. The van der Waals surface area contributed by atoms with E-state index in [1.165, 1.54) is 9.58 Å². The average Bonchev–Trinajstić information content (AvgIpc) is 2.76. The van der Waals surface area contributed by atoms with Crippen LogP contribution >= 0.6 is 11.3 Å². The maximum Gasteiger partial charge on any atom is 0.253 e. The van der Waals surface area contributed by atoms with E-state index in [1.54, 1.807) is 16.2 Å². The van der Waals surface area contributed by atoms with Crippen molar-refractivity contribution in [1.29, 1.82) is 0 Å². The number of benzene rings is 1. The van der Waals surface area contributed by atoms with Crippen LogP contribution in [0, 0.1) is 6.92 Å². The first-order chi connectivity index (χ1) is 9.15. The van der Waals surface area contributed by atoms with E-state index in [0.29, 0.717) is 31.7 Å². The summed E-state index contributed by atoms with van der Waals surface area (Å²) in [6.07, 6.45) is 0. The minimum atomic E-state index is 0.00153. The summed E-state index contributed by atoms with van der Waals surface area (Å²) in [5, 5.41) is 1.12. The van der Waals surface area contributed by atoms with Gasteiger partial charge in [-0.15, -0.1) is 11.3 Å². The molecule has 19 heavy (non-hydrogen) atoms. The summed E-state index contributed by atoms with van der Waals surface area (Å²) < 4.78 is 1.21. The Kier molecular flexibility index (Phi) is 4.52. The van der Waals surface area contributed by atoms with Gasteiger partial charge >= 0.3 is 0 Å². The first-order valence-corrected chi connectivity index (χ1v) is 7.17. The number of thiophene rings is 1. The number of aryl methyl sites for hydroxylation is 1. The standard InChI is InChI=1S/C14H19N3OS/c1-10-8-12-9-11(2-3-13(12)19-10)14(18)17(6-4-15)7-5-16/h2-3,8-9H,4-7,15-16H2,1H3. The van der Waals surface area contributed by atoms with Gasteiger partial charge in [-0.1, -0.05) is 0 Å². The van der Waals surface area contributed by atoms with Crippen LogP contribution in [-0.2, 0) is 0 Å². The van der Waals surface area contributed by atoms with Crippen LogP contribution in [0.25, 0.3) is 10.1 Å². The predicted molar refractivity (Wildman–Crippen MR) is 80.6 cm³/mol. The molecule has 5 heteroatoms. The van der Waals surface area contributed by atoms with Gasteiger partial charge in [-0.05, 0) is 36.6 Å². The molecule has 1 aromatic carbocycles. The first kappa shape index (κ1) is 14.0. The Morgan fingerprint density at radius 1 is 1.21 bits per heavy atom. The molecule has 0 radical (unpaired) electrons. The molecule has 0 saturated heterocycles. The van der Waals surface area contributed by atoms with Crippen molar-refractivity contribution >= 4 is 27.3 Å². The van der Waals surface area contributed by atoms with Crippen LogP contribution in [0.1, 0.15) is 15.2 Å². The minimum absolute atomic E-state index is 0.00153. The lowest BCUT2D eigenvalue weighted by atomic mass is 10.1. The Morgan fingerprint density at radius 2 is 1.89 bits per heavy atom. The molecule has 2 rings (SSSR count). The Labute approximate surface area is 117 Å². The molecule has 0 spiro atoms. The number of fused-ring (bicyclic) bond motifs is 1. The maximum atomic E-state index is 12.4. The molecule has 0 saturated carbocycles. The molecule has 0 atom stereocenters. The molecule has 0 aliphatic carbocycles. The van der Waals surface area contributed by atoms with Crippen molar-refractivity contribution in [1.82, 2.24) is 4.90 Å². The number of nitrogens with two attached hydrogens (primary N) is 2. The minimum Gasteiger partial charge on any atom is -0.336 e. The van der Waals surface area contributed by atoms with E-state index in [0.717, 1.165) is 5.39 Å². The van der Waals surface area contributed by atoms with Crippen LogP contribution in [0.4, 0.5) is 0 Å². The van der Waals surface area contributed by atoms with Gasteiger partial charge in [-0.3, -0.25) is 4.79 Å². The molecule has 0 aliphatic heterocycles. The second-order valence-corrected chi connectivity index (χ2v) is 5.77. The highest BCUT2D eigenvalue weighted by Gasteiger charge is 2.15. The van der Waals surface area contributed by atoms with Crippen LogP contribution in [0.3, 0.4) is 0 Å². The van der Waals surface area contributed by atoms with Crippen molar-refractivity contribution in [3.05, 3.63) is 34.7 Å². The SMILES string of the molecule is Cc1cc2cc(C(=O)N(CCN)CCN)ccc2s1. The smallest absolute Gasteiger partial charge is 0.253 e. The molecular weight excluding hydrogens is 258 g/mol. The molecule has 102 valence electrons. The fraction of sp³-hybridized carbons (Fsp3) is 0.357. The summed E-state index contributed by atoms with van der Waals surface area (Å²) >= 11 is 1.74. The number of carbonyl (C=O) groups is 1. The van der Waals surface area contributed by atoms with Crippen LogP contribution in [-0.4, -0.2) is 37.0 Å². The van der Waals surface area contributed by atoms with Crippen molar-refractivity contribution in [3.8, 4) is 0 Å². The summed E-state index contributed by atoms with van der Waals surface area (Å²) in [5.41, 5.74) is 11.8. The molecular formula is C14H19N3OS. The van der Waals surface area contributed by atoms with E-state index in [9.17, 15) is 4.79 Å². The van der Waals surface area contributed by atoms with Crippen LogP contribution < -0.4 is 11.5 Å². The monoisotopic (exact) mass is 277 g/mol. The predicted octanol–water partition coefficient (Wildman–Crippen LogP) is 1.57. The van der Waals surface area contributed by atoms with Crippen molar-refractivity contribution in [2.75, 3.05) is 26.2 Å². The van der Waals surface area contributed by atoms with Gasteiger partial charge in [0.1, 0.15) is 0 Å². The van der Waals surface area contributed by atoms with E-state index in [1.807, 2.05) is 18.2 Å². The van der Waals surface area contributed by atoms with Gasteiger partial charge in [-0.25, -0.2) is 0 Å². The van der Waals surface area contributed by atoms with Crippen LogP contribution in [0.15, 0.2) is 24.3 Å². The van der Waals surface area contributed by atoms with E-state index >= 15 is 0 Å². The maximum absolute atomic E-state index is 12.4. The number of carbonyl (C=O) groups excluding carboxylic acids is 1. The Morgan fingerprint density at radius 3 is 2.53 bits per heavy atom. The topological polar surface area (TPSA) is 72.3 Å². The summed E-state index contributed by atoms with van der Waals surface area (Å²) in [6.45, 7) is 4.05. The van der Waals surface area contributed by atoms with Gasteiger partial charge < -0.3 is 16.4 Å². The summed E-state index contributed by atoms with van der Waals surface area (Å²) in [7, 11) is 0. The highest BCUT2D eigenvalue weighted by atomic mass is 32.1. The zero-order valence-electron chi connectivity index (χ0n) is 11.1. The molecule has 0 fully saturated rings. The second-order valence-electron chi connectivity index (χ2n) is 4.48. The van der Waals surface area contributed by atoms with Crippen molar-refractivity contribution in [2.45, 2.75) is 6.92 Å². The van der Waals surface area contributed by atoms with Gasteiger partial charge in [0.05, 0.1) is 0 Å². The molecule has 4 N–H and O–H groups in total. The third kappa shape index (κ3) is 3.12. The molecule has 1 heterocycles. The Bertz CT molecular complexity index is 573. The normalized spacial score (nSPS) is 10.9. The van der Waals surface area contributed by atoms with Gasteiger partial charge in [-0.2, -0.15) is 0 Å². The molecule has 1 amide bonds. The summed E-state index contributed by atoms with van der Waals surface area (Å²) in [4.78, 5) is 15.4. The van der Waals surface area contributed by atoms with Gasteiger partial charge in [0.15, 0.2) is 0 Å². The highest BCUT2D eigenvalue weighted by molar-refractivity contribution is 7.19. The molecule has 0 unspecified atom stereocenters. The largest absolute Gasteiger partial charge is 0.336 e. The van der Waals surface area contributed by atoms with Crippen molar-refractivity contribution in [3.63, 3.8) is 0 Å². The highest BCUT2D eigenvalue weighted by Crippen LogP contribution is 2.26. The number of hydrogen-bond donors (Lipinski definition) is 2. The quantitative estimate of drug-likeness (QED) is 0.871. The molecule has 1 aromatic heterocycles. The zero-order valence-corrected chi connectivity index (χ0v) is 11.9. The third-order valence-corrected chi connectivity index (χ3v) is 4.00. The lowest BCUT2D eigenvalue weighted by molar-refractivity contribution is 0.0765. The van der Waals surface area contributed by atoms with E-state index in [4.69, 9.17) is 11.5 Å². The molecule has 0 bridgehead atoms. The zero-order chi connectivity index (χ0) is 13.8. The molecule has 4 nitrogen and oxygen atoms in total.